The van der Waals surface area contributed by atoms with Crippen LogP contribution in [0.25, 0.3) is 0 Å². The summed E-state index contributed by atoms with van der Waals surface area (Å²) in [5, 5.41) is 2.18. The lowest BCUT2D eigenvalue weighted by atomic mass is 10.3. The van der Waals surface area contributed by atoms with E-state index in [1.165, 1.54) is 12.5 Å². The van der Waals surface area contributed by atoms with Gasteiger partial charge in [0.05, 0.1) is 0 Å². The van der Waals surface area contributed by atoms with Crippen molar-refractivity contribution in [1.82, 2.24) is 10.4 Å². The Morgan fingerprint density at radius 2 is 2.14 bits per heavy atom. The van der Waals surface area contributed by atoms with Crippen molar-refractivity contribution in [2.75, 3.05) is 19.9 Å². The summed E-state index contributed by atoms with van der Waals surface area (Å²) in [7, 11) is -0.911. The monoisotopic (exact) mass is 216 g/mol. The second kappa shape index (κ2) is 5.26. The molecule has 1 rings (SSSR count). The predicted molar refractivity (Wildman–Crippen MR) is 62.9 cm³/mol. The lowest BCUT2D eigenvalue weighted by Gasteiger charge is -2.19. The zero-order valence-corrected chi connectivity index (χ0v) is 11.0. The molecular formula is C10H24N2OSi. The number of rotatable bonds is 5. The van der Waals surface area contributed by atoms with Gasteiger partial charge in [-0.2, -0.15) is 0 Å². The Labute approximate surface area is 88.8 Å². The highest BCUT2D eigenvalue weighted by Gasteiger charge is 2.17. The average molecular weight is 216 g/mol. The smallest absolute Gasteiger partial charge is 0.112 e. The maximum atomic E-state index is 5.64. The fourth-order valence-electron chi connectivity index (χ4n) is 1.45. The number of hydrazine groups is 1. The fourth-order valence-corrected chi connectivity index (χ4v) is 2.20. The molecule has 1 fully saturated rings. The van der Waals surface area contributed by atoms with Gasteiger partial charge in [-0.15, -0.1) is 0 Å². The van der Waals surface area contributed by atoms with Gasteiger partial charge in [0.25, 0.3) is 0 Å². The molecule has 0 aromatic carbocycles. The third-order valence-corrected chi connectivity index (χ3v) is 4.18. The summed E-state index contributed by atoms with van der Waals surface area (Å²) in [4.78, 5) is 0. The minimum Gasteiger partial charge on any atom is -0.365 e. The van der Waals surface area contributed by atoms with E-state index in [4.69, 9.17) is 4.74 Å². The van der Waals surface area contributed by atoms with Crippen LogP contribution >= 0.6 is 0 Å². The Kier molecular flexibility index (Phi) is 4.57. The molecule has 0 aliphatic carbocycles. The van der Waals surface area contributed by atoms with Gasteiger partial charge in [-0.1, -0.05) is 19.6 Å². The molecule has 4 heteroatoms. The number of hydrogen-bond donors (Lipinski definition) is 1. The zero-order chi connectivity index (χ0) is 10.6. The highest BCUT2D eigenvalue weighted by atomic mass is 28.3. The Morgan fingerprint density at radius 3 is 2.64 bits per heavy atom. The molecule has 1 unspecified atom stereocenters. The molecule has 0 aromatic heterocycles. The molecule has 1 N–H and O–H groups in total. The first kappa shape index (κ1) is 12.2. The molecule has 0 saturated carbocycles. The van der Waals surface area contributed by atoms with Gasteiger partial charge in [-0.3, -0.25) is 5.43 Å². The highest BCUT2D eigenvalue weighted by Crippen LogP contribution is 2.08. The van der Waals surface area contributed by atoms with Crippen LogP contribution in [-0.2, 0) is 4.74 Å². The molecule has 14 heavy (non-hydrogen) atoms. The van der Waals surface area contributed by atoms with E-state index in [2.05, 4.69) is 37.0 Å². The largest absolute Gasteiger partial charge is 0.365 e. The summed E-state index contributed by atoms with van der Waals surface area (Å²) in [5.41, 5.74) is 3.37. The first-order valence-corrected chi connectivity index (χ1v) is 9.27. The van der Waals surface area contributed by atoms with E-state index in [0.29, 0.717) is 6.04 Å². The predicted octanol–water partition coefficient (Wildman–Crippen LogP) is 1.90. The van der Waals surface area contributed by atoms with Crippen molar-refractivity contribution in [1.29, 1.82) is 0 Å². The van der Waals surface area contributed by atoms with Crippen LogP contribution in [0.5, 0.6) is 0 Å². The maximum absolute atomic E-state index is 5.64. The maximum Gasteiger partial charge on any atom is 0.112 e. The van der Waals surface area contributed by atoms with Crippen molar-refractivity contribution >= 4 is 8.07 Å². The summed E-state index contributed by atoms with van der Waals surface area (Å²) in [6, 6.07) is 1.88. The Morgan fingerprint density at radius 1 is 1.43 bits per heavy atom. The van der Waals surface area contributed by atoms with E-state index >= 15 is 0 Å². The second-order valence-electron chi connectivity index (χ2n) is 5.43. The Hall–Kier alpha value is 0.0969. The number of nitrogens with one attached hydrogen (secondary N) is 1. The van der Waals surface area contributed by atoms with Crippen molar-refractivity contribution in [2.45, 2.75) is 45.1 Å². The third-order valence-electron chi connectivity index (χ3n) is 2.48. The quantitative estimate of drug-likeness (QED) is 0.561. The molecule has 0 spiro atoms. The van der Waals surface area contributed by atoms with Crippen LogP contribution in [0.1, 0.15) is 13.3 Å². The molecule has 1 heterocycles. The normalized spacial score (nSPS) is 24.4. The van der Waals surface area contributed by atoms with Gasteiger partial charge in [0.2, 0.25) is 0 Å². The third kappa shape index (κ3) is 5.10. The summed E-state index contributed by atoms with van der Waals surface area (Å²) < 4.78 is 5.64. The van der Waals surface area contributed by atoms with E-state index in [9.17, 15) is 0 Å². The molecular weight excluding hydrogens is 192 g/mol. The lowest BCUT2D eigenvalue weighted by molar-refractivity contribution is 0.0209. The van der Waals surface area contributed by atoms with Gasteiger partial charge < -0.3 is 4.74 Å². The van der Waals surface area contributed by atoms with E-state index < -0.39 is 8.07 Å². The van der Waals surface area contributed by atoms with Crippen LogP contribution < -0.4 is 5.43 Å². The van der Waals surface area contributed by atoms with E-state index in [0.717, 1.165) is 19.9 Å². The SMILES string of the molecule is CC1CCN(COCC[Si](C)(C)C)N1. The molecule has 1 atom stereocenters. The number of ether oxygens (including phenoxy) is 1. The van der Waals surface area contributed by atoms with Crippen LogP contribution in [0.3, 0.4) is 0 Å². The molecule has 0 aromatic rings. The van der Waals surface area contributed by atoms with Crippen molar-refractivity contribution in [3.63, 3.8) is 0 Å². The molecule has 0 amide bonds. The molecule has 1 aliphatic heterocycles. The molecule has 84 valence electrons. The summed E-state index contributed by atoms with van der Waals surface area (Å²) in [5.74, 6) is 0. The van der Waals surface area contributed by atoms with Crippen LogP contribution in [0, 0.1) is 0 Å². The fraction of sp³-hybridized carbons (Fsp3) is 1.00. The summed E-state index contributed by atoms with van der Waals surface area (Å²) >= 11 is 0. The molecule has 1 aliphatic rings. The first-order chi connectivity index (χ1) is 6.47. The van der Waals surface area contributed by atoms with Gasteiger partial charge >= 0.3 is 0 Å². The summed E-state index contributed by atoms with van der Waals surface area (Å²) in [6.07, 6.45) is 1.23. The van der Waals surface area contributed by atoms with Crippen LogP contribution in [-0.4, -0.2) is 39.0 Å². The first-order valence-electron chi connectivity index (χ1n) is 5.56. The van der Waals surface area contributed by atoms with Gasteiger partial charge in [-0.25, -0.2) is 5.01 Å². The van der Waals surface area contributed by atoms with Crippen molar-refractivity contribution < 1.29 is 4.74 Å². The van der Waals surface area contributed by atoms with Crippen LogP contribution in [0.2, 0.25) is 25.7 Å². The van der Waals surface area contributed by atoms with Crippen molar-refractivity contribution in [3.05, 3.63) is 0 Å². The van der Waals surface area contributed by atoms with Crippen molar-refractivity contribution in [3.8, 4) is 0 Å². The standard InChI is InChI=1S/C10H24N2OSi/c1-10-5-6-12(11-10)9-13-7-8-14(2,3)4/h10-11H,5-9H2,1-4H3. The number of nitrogens with zero attached hydrogens (tertiary/aromatic N) is 1. The van der Waals surface area contributed by atoms with Crippen LogP contribution in [0.4, 0.5) is 0 Å². The molecule has 0 radical (unpaired) electrons. The minimum absolute atomic E-state index is 0.621. The summed E-state index contributed by atoms with van der Waals surface area (Å²) in [6.45, 7) is 12.1. The van der Waals surface area contributed by atoms with Crippen molar-refractivity contribution in [2.24, 2.45) is 0 Å². The highest BCUT2D eigenvalue weighted by molar-refractivity contribution is 6.76. The zero-order valence-electron chi connectivity index (χ0n) is 9.97. The topological polar surface area (TPSA) is 24.5 Å². The van der Waals surface area contributed by atoms with Crippen LogP contribution in [0.15, 0.2) is 0 Å². The Balaban J connectivity index is 1.99. The van der Waals surface area contributed by atoms with Gasteiger partial charge in [0.15, 0.2) is 0 Å². The van der Waals surface area contributed by atoms with E-state index in [1.54, 1.807) is 0 Å². The lowest BCUT2D eigenvalue weighted by Crippen LogP contribution is -2.36. The average Bonchev–Trinajstić information content (AvgIpc) is 2.44. The Bertz CT molecular complexity index is 170. The molecule has 0 bridgehead atoms. The minimum atomic E-state index is -0.911. The second-order valence-corrected chi connectivity index (χ2v) is 11.1. The number of hydrogen-bond acceptors (Lipinski definition) is 3. The van der Waals surface area contributed by atoms with E-state index in [-0.39, 0.29) is 0 Å². The van der Waals surface area contributed by atoms with Gasteiger partial charge in [0, 0.05) is 27.3 Å². The van der Waals surface area contributed by atoms with E-state index in [1.807, 2.05) is 0 Å². The molecule has 1 saturated heterocycles. The van der Waals surface area contributed by atoms with Gasteiger partial charge in [-0.05, 0) is 19.4 Å². The molecule has 3 nitrogen and oxygen atoms in total. The van der Waals surface area contributed by atoms with Gasteiger partial charge in [0.1, 0.15) is 6.73 Å².